The van der Waals surface area contributed by atoms with Crippen LogP contribution >= 0.6 is 0 Å². The largest absolute Gasteiger partial charge is 0.294 e. The van der Waals surface area contributed by atoms with E-state index in [1.165, 1.54) is 27.9 Å². The molecule has 0 saturated carbocycles. The molecule has 1 aliphatic heterocycles. The van der Waals surface area contributed by atoms with Crippen LogP contribution in [0.5, 0.6) is 0 Å². The van der Waals surface area contributed by atoms with E-state index in [0.29, 0.717) is 0 Å². The minimum absolute atomic E-state index is 0.795. The summed E-state index contributed by atoms with van der Waals surface area (Å²) in [6.07, 6.45) is 6.53. The molecule has 4 heteroatoms. The molecule has 0 aliphatic carbocycles. The standard InChI is InChI=1S/C21H22N4/c1-15-3-4-16(2)18(11-15)13-25-10-7-20-19(14-25)12-23-21(24-20)17-5-8-22-9-6-17/h3-6,8-9,11-12H,7,10,13-14H2,1-2H3. The van der Waals surface area contributed by atoms with Crippen LogP contribution in [0.25, 0.3) is 11.4 Å². The Morgan fingerprint density at radius 3 is 2.76 bits per heavy atom. The SMILES string of the molecule is Cc1ccc(C)c(CN2CCc3nc(-c4ccncc4)ncc3C2)c1. The predicted octanol–water partition coefficient (Wildman–Crippen LogP) is 3.71. The first kappa shape index (κ1) is 15.9. The lowest BCUT2D eigenvalue weighted by Crippen LogP contribution is -2.31. The summed E-state index contributed by atoms with van der Waals surface area (Å²) in [5.41, 5.74) is 7.55. The van der Waals surface area contributed by atoms with Gasteiger partial charge >= 0.3 is 0 Å². The average Bonchev–Trinajstić information content (AvgIpc) is 2.65. The number of rotatable bonds is 3. The van der Waals surface area contributed by atoms with Crippen LogP contribution < -0.4 is 0 Å². The fourth-order valence-corrected chi connectivity index (χ4v) is 3.36. The summed E-state index contributed by atoms with van der Waals surface area (Å²) in [6.45, 7) is 7.28. The smallest absolute Gasteiger partial charge is 0.159 e. The van der Waals surface area contributed by atoms with E-state index >= 15 is 0 Å². The third kappa shape index (κ3) is 3.44. The number of pyridine rings is 1. The summed E-state index contributed by atoms with van der Waals surface area (Å²) < 4.78 is 0. The lowest BCUT2D eigenvalue weighted by molar-refractivity contribution is 0.242. The van der Waals surface area contributed by atoms with Crippen molar-refractivity contribution in [2.75, 3.05) is 6.54 Å². The van der Waals surface area contributed by atoms with Crippen LogP contribution in [0.3, 0.4) is 0 Å². The molecule has 0 spiro atoms. The zero-order valence-corrected chi connectivity index (χ0v) is 14.7. The first-order chi connectivity index (χ1) is 12.2. The second-order valence-corrected chi connectivity index (χ2v) is 6.79. The topological polar surface area (TPSA) is 41.9 Å². The van der Waals surface area contributed by atoms with Crippen LogP contribution in [-0.2, 0) is 19.5 Å². The van der Waals surface area contributed by atoms with E-state index < -0.39 is 0 Å². The van der Waals surface area contributed by atoms with Gasteiger partial charge in [-0.05, 0) is 37.1 Å². The van der Waals surface area contributed by atoms with Crippen LogP contribution in [0.15, 0.2) is 48.9 Å². The van der Waals surface area contributed by atoms with Crippen LogP contribution in [0.4, 0.5) is 0 Å². The quantitative estimate of drug-likeness (QED) is 0.734. The van der Waals surface area contributed by atoms with E-state index in [9.17, 15) is 0 Å². The Balaban J connectivity index is 1.53. The Morgan fingerprint density at radius 2 is 1.92 bits per heavy atom. The highest BCUT2D eigenvalue weighted by molar-refractivity contribution is 5.54. The summed E-state index contributed by atoms with van der Waals surface area (Å²) in [4.78, 5) is 15.9. The van der Waals surface area contributed by atoms with Gasteiger partial charge in [0.05, 0.1) is 5.69 Å². The van der Waals surface area contributed by atoms with Gasteiger partial charge in [0, 0.05) is 55.8 Å². The van der Waals surface area contributed by atoms with E-state index in [0.717, 1.165) is 37.4 Å². The van der Waals surface area contributed by atoms with Gasteiger partial charge in [-0.25, -0.2) is 9.97 Å². The van der Waals surface area contributed by atoms with Gasteiger partial charge in [0.2, 0.25) is 0 Å². The van der Waals surface area contributed by atoms with Crippen LogP contribution in [0, 0.1) is 13.8 Å². The Morgan fingerprint density at radius 1 is 1.08 bits per heavy atom. The highest BCUT2D eigenvalue weighted by Gasteiger charge is 2.19. The molecule has 0 unspecified atom stereocenters. The Kier molecular flexibility index (Phi) is 4.28. The maximum absolute atomic E-state index is 4.79. The molecule has 2 aromatic heterocycles. The predicted molar refractivity (Wildman–Crippen MR) is 99.0 cm³/mol. The molecule has 0 N–H and O–H groups in total. The molecule has 3 aromatic rings. The van der Waals surface area contributed by atoms with Crippen LogP contribution in [0.2, 0.25) is 0 Å². The zero-order chi connectivity index (χ0) is 17.2. The van der Waals surface area contributed by atoms with E-state index in [4.69, 9.17) is 4.98 Å². The second kappa shape index (κ2) is 6.73. The molecule has 1 aromatic carbocycles. The van der Waals surface area contributed by atoms with Gasteiger partial charge in [-0.1, -0.05) is 23.8 Å². The summed E-state index contributed by atoms with van der Waals surface area (Å²) >= 11 is 0. The first-order valence-corrected chi connectivity index (χ1v) is 8.73. The van der Waals surface area contributed by atoms with Gasteiger partial charge in [0.1, 0.15) is 0 Å². The van der Waals surface area contributed by atoms with Crippen molar-refractivity contribution in [2.24, 2.45) is 0 Å². The fourth-order valence-electron chi connectivity index (χ4n) is 3.36. The number of hydrogen-bond acceptors (Lipinski definition) is 4. The third-order valence-electron chi connectivity index (χ3n) is 4.85. The molecule has 0 fully saturated rings. The lowest BCUT2D eigenvalue weighted by Gasteiger charge is -2.28. The van der Waals surface area contributed by atoms with Gasteiger partial charge in [0.25, 0.3) is 0 Å². The highest BCUT2D eigenvalue weighted by atomic mass is 15.1. The highest BCUT2D eigenvalue weighted by Crippen LogP contribution is 2.22. The van der Waals surface area contributed by atoms with Gasteiger partial charge in [-0.3, -0.25) is 9.88 Å². The Labute approximate surface area is 148 Å². The lowest BCUT2D eigenvalue weighted by atomic mass is 10.0. The Hall–Kier alpha value is -2.59. The average molecular weight is 330 g/mol. The summed E-state index contributed by atoms with van der Waals surface area (Å²) in [6, 6.07) is 10.6. The molecule has 25 heavy (non-hydrogen) atoms. The second-order valence-electron chi connectivity index (χ2n) is 6.79. The van der Waals surface area contributed by atoms with Crippen LogP contribution in [0.1, 0.15) is 27.9 Å². The molecular formula is C21H22N4. The summed E-state index contributed by atoms with van der Waals surface area (Å²) in [7, 11) is 0. The van der Waals surface area contributed by atoms with E-state index in [-0.39, 0.29) is 0 Å². The van der Waals surface area contributed by atoms with Gasteiger partial charge in [-0.15, -0.1) is 0 Å². The molecule has 0 atom stereocenters. The molecule has 1 aliphatic rings. The summed E-state index contributed by atoms with van der Waals surface area (Å²) in [5, 5.41) is 0. The molecule has 0 amide bonds. The number of nitrogens with zero attached hydrogens (tertiary/aromatic N) is 4. The van der Waals surface area contributed by atoms with Crippen molar-refractivity contribution in [1.82, 2.24) is 19.9 Å². The van der Waals surface area contributed by atoms with E-state index in [1.54, 1.807) is 12.4 Å². The van der Waals surface area contributed by atoms with Gasteiger partial charge in [0.15, 0.2) is 5.82 Å². The first-order valence-electron chi connectivity index (χ1n) is 8.73. The molecule has 126 valence electrons. The molecule has 4 nitrogen and oxygen atoms in total. The minimum Gasteiger partial charge on any atom is -0.294 e. The fraction of sp³-hybridized carbons (Fsp3) is 0.286. The van der Waals surface area contributed by atoms with Crippen molar-refractivity contribution in [2.45, 2.75) is 33.4 Å². The molecule has 3 heterocycles. The molecular weight excluding hydrogens is 308 g/mol. The van der Waals surface area contributed by atoms with Crippen molar-refractivity contribution in [3.8, 4) is 11.4 Å². The van der Waals surface area contributed by atoms with Crippen molar-refractivity contribution in [3.63, 3.8) is 0 Å². The molecule has 0 bridgehead atoms. The van der Waals surface area contributed by atoms with E-state index in [1.807, 2.05) is 18.3 Å². The monoisotopic (exact) mass is 330 g/mol. The molecule has 0 saturated heterocycles. The van der Waals surface area contributed by atoms with Gasteiger partial charge < -0.3 is 0 Å². The van der Waals surface area contributed by atoms with Gasteiger partial charge in [-0.2, -0.15) is 0 Å². The minimum atomic E-state index is 0.795. The molecule has 4 rings (SSSR count). The van der Waals surface area contributed by atoms with Crippen LogP contribution in [-0.4, -0.2) is 26.4 Å². The normalized spacial score (nSPS) is 14.3. The van der Waals surface area contributed by atoms with Crippen molar-refractivity contribution < 1.29 is 0 Å². The molecule has 0 radical (unpaired) electrons. The number of aromatic nitrogens is 3. The summed E-state index contributed by atoms with van der Waals surface area (Å²) in [5.74, 6) is 0.795. The van der Waals surface area contributed by atoms with E-state index in [2.05, 4.69) is 46.9 Å². The van der Waals surface area contributed by atoms with Crippen molar-refractivity contribution in [1.29, 1.82) is 0 Å². The Bertz CT molecular complexity index is 890. The van der Waals surface area contributed by atoms with Crippen molar-refractivity contribution >= 4 is 0 Å². The maximum Gasteiger partial charge on any atom is 0.159 e. The third-order valence-corrected chi connectivity index (χ3v) is 4.85. The zero-order valence-electron chi connectivity index (χ0n) is 14.7. The number of benzene rings is 1. The maximum atomic E-state index is 4.79. The van der Waals surface area contributed by atoms with Crippen molar-refractivity contribution in [3.05, 3.63) is 76.9 Å². The number of fused-ring (bicyclic) bond motifs is 1. The number of hydrogen-bond donors (Lipinski definition) is 0. The number of aryl methyl sites for hydroxylation is 2.